The first kappa shape index (κ1) is 19.7. The third kappa shape index (κ3) is 3.08. The summed E-state index contributed by atoms with van der Waals surface area (Å²) >= 11 is 6.09. The minimum atomic E-state index is -0.718. The van der Waals surface area contributed by atoms with E-state index in [4.69, 9.17) is 11.6 Å². The molecule has 4 aromatic rings. The molecule has 5 rings (SSSR count). The second kappa shape index (κ2) is 7.44. The molecule has 1 atom stereocenters. The number of H-pyrrole nitrogens is 2. The highest BCUT2D eigenvalue weighted by Crippen LogP contribution is 2.39. The maximum Gasteiger partial charge on any atom is 0.335 e. The van der Waals surface area contributed by atoms with E-state index in [-0.39, 0.29) is 11.4 Å². The summed E-state index contributed by atoms with van der Waals surface area (Å²) in [7, 11) is 0. The van der Waals surface area contributed by atoms with Crippen LogP contribution in [-0.2, 0) is 6.42 Å². The van der Waals surface area contributed by atoms with E-state index in [1.807, 2.05) is 25.1 Å². The molecule has 2 aromatic carbocycles. The van der Waals surface area contributed by atoms with Gasteiger partial charge in [-0.25, -0.2) is 9.36 Å². The normalized spacial score (nSPS) is 16.5. The van der Waals surface area contributed by atoms with Crippen LogP contribution in [0.1, 0.15) is 29.8 Å². The number of aromatic nitrogens is 3. The summed E-state index contributed by atoms with van der Waals surface area (Å²) in [5.74, 6) is -0.383. The van der Waals surface area contributed by atoms with Gasteiger partial charge in [-0.1, -0.05) is 42.8 Å². The van der Waals surface area contributed by atoms with E-state index in [2.05, 4.69) is 20.9 Å². The number of aromatic amines is 2. The molecule has 3 heterocycles. The second-order valence-corrected chi connectivity index (χ2v) is 8.09. The van der Waals surface area contributed by atoms with Crippen LogP contribution in [0, 0.1) is 0 Å². The first-order valence-corrected chi connectivity index (χ1v) is 10.5. The molecule has 0 spiro atoms. The van der Waals surface area contributed by atoms with Gasteiger partial charge in [0.1, 0.15) is 5.56 Å². The Hall–Kier alpha value is -3.29. The van der Waals surface area contributed by atoms with E-state index >= 15 is 0 Å². The van der Waals surface area contributed by atoms with Crippen LogP contribution in [-0.4, -0.2) is 37.6 Å². The smallest absolute Gasteiger partial charge is 0.335 e. The van der Waals surface area contributed by atoms with Gasteiger partial charge < -0.3 is 10.1 Å². The minimum absolute atomic E-state index is 0.133. The maximum atomic E-state index is 13.0. The molecule has 1 aliphatic rings. The van der Waals surface area contributed by atoms with Gasteiger partial charge in [-0.15, -0.1) is 0 Å². The summed E-state index contributed by atoms with van der Waals surface area (Å²) in [6.07, 6.45) is 0.830. The fourth-order valence-corrected chi connectivity index (χ4v) is 4.78. The number of nitrogens with one attached hydrogen (secondary N) is 2. The van der Waals surface area contributed by atoms with Crippen LogP contribution in [0.2, 0.25) is 5.02 Å². The molecule has 0 fully saturated rings. The zero-order chi connectivity index (χ0) is 21.7. The molecule has 0 saturated carbocycles. The third-order valence-electron chi connectivity index (χ3n) is 6.00. The number of rotatable bonds is 3. The highest BCUT2D eigenvalue weighted by Gasteiger charge is 2.35. The first-order valence-electron chi connectivity index (χ1n) is 10.2. The molecule has 158 valence electrons. The van der Waals surface area contributed by atoms with E-state index in [1.165, 1.54) is 0 Å². The van der Waals surface area contributed by atoms with E-state index in [0.717, 1.165) is 39.7 Å². The Kier molecular flexibility index (Phi) is 4.72. The van der Waals surface area contributed by atoms with Crippen LogP contribution in [0.5, 0.6) is 5.88 Å². The van der Waals surface area contributed by atoms with Crippen molar-refractivity contribution in [2.45, 2.75) is 19.4 Å². The average Bonchev–Trinajstić information content (AvgIpc) is 3.12. The molecule has 0 amide bonds. The van der Waals surface area contributed by atoms with Gasteiger partial charge in [0.05, 0.1) is 11.7 Å². The van der Waals surface area contributed by atoms with Crippen molar-refractivity contribution in [2.24, 2.45) is 0 Å². The van der Waals surface area contributed by atoms with Crippen LogP contribution in [0.3, 0.4) is 0 Å². The Balaban J connectivity index is 1.79. The number of aromatic hydroxyl groups is 1. The summed E-state index contributed by atoms with van der Waals surface area (Å²) < 4.78 is 1.09. The van der Waals surface area contributed by atoms with Crippen molar-refractivity contribution in [1.29, 1.82) is 0 Å². The van der Waals surface area contributed by atoms with Crippen LogP contribution in [0.15, 0.2) is 58.1 Å². The molecular weight excluding hydrogens is 416 g/mol. The minimum Gasteiger partial charge on any atom is -0.494 e. The van der Waals surface area contributed by atoms with Crippen LogP contribution >= 0.6 is 11.6 Å². The maximum absolute atomic E-state index is 13.0. The summed E-state index contributed by atoms with van der Waals surface area (Å²) in [6.45, 7) is 3.42. The number of hydrogen-bond donors (Lipinski definition) is 3. The van der Waals surface area contributed by atoms with Crippen LogP contribution < -0.4 is 11.2 Å². The topological polar surface area (TPSA) is 94.1 Å². The summed E-state index contributed by atoms with van der Waals surface area (Å²) in [6, 6.07) is 14.1. The largest absolute Gasteiger partial charge is 0.494 e. The Labute approximate surface area is 182 Å². The lowest BCUT2D eigenvalue weighted by Gasteiger charge is -2.35. The molecular formula is C23H21ClN4O3. The molecule has 0 bridgehead atoms. The zero-order valence-corrected chi connectivity index (χ0v) is 17.6. The fourth-order valence-electron chi connectivity index (χ4n) is 4.60. The molecule has 1 aliphatic heterocycles. The van der Waals surface area contributed by atoms with Gasteiger partial charge in [-0.3, -0.25) is 14.7 Å². The predicted octanol–water partition coefficient (Wildman–Crippen LogP) is 3.33. The number of fused-ring (bicyclic) bond motifs is 3. The lowest BCUT2D eigenvalue weighted by Crippen LogP contribution is -2.41. The molecule has 0 unspecified atom stereocenters. The predicted molar refractivity (Wildman–Crippen MR) is 120 cm³/mol. The number of para-hydroxylation sites is 1. The number of benzene rings is 2. The van der Waals surface area contributed by atoms with Crippen molar-refractivity contribution in [2.75, 3.05) is 13.1 Å². The van der Waals surface area contributed by atoms with Gasteiger partial charge in [0.25, 0.3) is 5.56 Å². The summed E-state index contributed by atoms with van der Waals surface area (Å²) in [5.41, 5.74) is 2.17. The number of nitrogens with zero attached hydrogens (tertiary/aromatic N) is 2. The van der Waals surface area contributed by atoms with Gasteiger partial charge in [-0.05, 0) is 42.8 Å². The van der Waals surface area contributed by atoms with Gasteiger partial charge in [0.15, 0.2) is 0 Å². The standard InChI is InChI=1S/C23H21ClN4O3/c1-2-27-11-10-16-15-8-3-4-9-17(15)25-19(16)20(27)18-21(29)26-23(31)28(22(18)30)14-7-5-6-13(24)12-14/h3-9,12,20,25,30H,2,10-11H2,1H3,(H,26,29,31)/t20-/m1/s1. The Bertz CT molecular complexity index is 1420. The highest BCUT2D eigenvalue weighted by atomic mass is 35.5. The molecule has 0 aliphatic carbocycles. The van der Waals surface area contributed by atoms with Gasteiger partial charge in [-0.2, -0.15) is 0 Å². The van der Waals surface area contributed by atoms with Crippen molar-refractivity contribution in [3.8, 4) is 11.6 Å². The first-order chi connectivity index (χ1) is 15.0. The van der Waals surface area contributed by atoms with Gasteiger partial charge >= 0.3 is 5.69 Å². The number of halogens is 1. The van der Waals surface area contributed by atoms with Gasteiger partial charge in [0.2, 0.25) is 5.88 Å². The lowest BCUT2D eigenvalue weighted by atomic mass is 9.93. The monoisotopic (exact) mass is 436 g/mol. The molecule has 0 radical (unpaired) electrons. The Morgan fingerprint density at radius 1 is 1.13 bits per heavy atom. The van der Waals surface area contributed by atoms with Crippen molar-refractivity contribution < 1.29 is 5.11 Å². The lowest BCUT2D eigenvalue weighted by molar-refractivity contribution is 0.215. The molecule has 0 saturated heterocycles. The quantitative estimate of drug-likeness (QED) is 0.459. The molecule has 8 heteroatoms. The van der Waals surface area contributed by atoms with E-state index in [1.54, 1.807) is 24.3 Å². The van der Waals surface area contributed by atoms with Crippen molar-refractivity contribution in [3.63, 3.8) is 0 Å². The number of likely N-dealkylation sites (N-methyl/N-ethyl adjacent to an activating group) is 1. The van der Waals surface area contributed by atoms with Gasteiger partial charge in [0, 0.05) is 28.2 Å². The van der Waals surface area contributed by atoms with Crippen LogP contribution in [0.4, 0.5) is 0 Å². The zero-order valence-electron chi connectivity index (χ0n) is 16.9. The van der Waals surface area contributed by atoms with E-state index in [0.29, 0.717) is 17.3 Å². The SMILES string of the molecule is CCN1CCc2c([nH]c3ccccc23)[C@H]1c1c(O)n(-c2cccc(Cl)c2)c(=O)[nH]c1=O. The molecule has 2 aromatic heterocycles. The van der Waals surface area contributed by atoms with Crippen molar-refractivity contribution in [3.05, 3.63) is 91.2 Å². The molecule has 31 heavy (non-hydrogen) atoms. The average molecular weight is 437 g/mol. The second-order valence-electron chi connectivity index (χ2n) is 7.66. The van der Waals surface area contributed by atoms with E-state index in [9.17, 15) is 14.7 Å². The van der Waals surface area contributed by atoms with E-state index < -0.39 is 17.3 Å². The highest BCUT2D eigenvalue weighted by molar-refractivity contribution is 6.30. The third-order valence-corrected chi connectivity index (χ3v) is 6.24. The fraction of sp³-hybridized carbons (Fsp3) is 0.217. The Morgan fingerprint density at radius 3 is 2.71 bits per heavy atom. The van der Waals surface area contributed by atoms with Crippen molar-refractivity contribution in [1.82, 2.24) is 19.4 Å². The summed E-state index contributed by atoms with van der Waals surface area (Å²) in [4.78, 5) is 33.6. The molecule has 7 nitrogen and oxygen atoms in total. The number of hydrogen-bond acceptors (Lipinski definition) is 4. The van der Waals surface area contributed by atoms with Crippen LogP contribution in [0.25, 0.3) is 16.6 Å². The Morgan fingerprint density at radius 2 is 1.94 bits per heavy atom. The molecule has 3 N–H and O–H groups in total. The summed E-state index contributed by atoms with van der Waals surface area (Å²) in [5, 5.41) is 12.7. The van der Waals surface area contributed by atoms with Crippen molar-refractivity contribution >= 4 is 22.5 Å².